The highest BCUT2D eigenvalue weighted by Crippen LogP contribution is 2.39. The monoisotopic (exact) mass is 457 g/mol. The third-order valence-corrected chi connectivity index (χ3v) is 6.13. The summed E-state index contributed by atoms with van der Waals surface area (Å²) in [6.07, 6.45) is 4.66. The van der Waals surface area contributed by atoms with E-state index >= 15 is 0 Å². The molecule has 0 aliphatic heterocycles. The summed E-state index contributed by atoms with van der Waals surface area (Å²) in [4.78, 5) is 9.77. The van der Waals surface area contributed by atoms with Gasteiger partial charge in [0.2, 0.25) is 11.8 Å². The molecule has 3 aromatic rings. The van der Waals surface area contributed by atoms with Crippen LogP contribution in [0.3, 0.4) is 0 Å². The van der Waals surface area contributed by atoms with Gasteiger partial charge in [0.25, 0.3) is 0 Å². The van der Waals surface area contributed by atoms with Crippen LogP contribution in [0.5, 0.6) is 11.6 Å². The van der Waals surface area contributed by atoms with Crippen molar-refractivity contribution in [3.05, 3.63) is 42.2 Å². The van der Waals surface area contributed by atoms with E-state index < -0.39 is 17.9 Å². The predicted molar refractivity (Wildman–Crippen MR) is 115 cm³/mol. The summed E-state index contributed by atoms with van der Waals surface area (Å²) in [5, 5.41) is 18.8. The Balaban J connectivity index is 1.45. The zero-order valence-corrected chi connectivity index (χ0v) is 17.9. The van der Waals surface area contributed by atoms with Crippen LogP contribution in [-0.2, 0) is 0 Å². The first-order chi connectivity index (χ1) is 15.9. The topological polar surface area (TPSA) is 84.3 Å². The predicted octanol–water partition coefficient (Wildman–Crippen LogP) is 4.45. The van der Waals surface area contributed by atoms with Crippen LogP contribution in [0, 0.1) is 11.8 Å². The average Bonchev–Trinajstić information content (AvgIpc) is 3.56. The van der Waals surface area contributed by atoms with E-state index in [9.17, 15) is 18.3 Å². The molecule has 0 radical (unpaired) electrons. The molecule has 2 aliphatic carbocycles. The normalized spacial score (nSPS) is 20.1. The maximum Gasteiger partial charge on any atom is 0.216 e. The highest BCUT2D eigenvalue weighted by atomic mass is 19.1. The van der Waals surface area contributed by atoms with Crippen molar-refractivity contribution in [1.29, 1.82) is 0 Å². The molecule has 1 N–H and O–H groups in total. The molecule has 33 heavy (non-hydrogen) atoms. The molecule has 5 rings (SSSR count). The number of nitrogens with zero attached hydrogens (tertiary/aromatic N) is 5. The van der Waals surface area contributed by atoms with Crippen molar-refractivity contribution in [2.24, 2.45) is 0 Å². The number of methoxy groups -OCH3 is 1. The zero-order valence-electron chi connectivity index (χ0n) is 17.9. The molecule has 1 aromatic carbocycles. The molecule has 2 unspecified atom stereocenters. The van der Waals surface area contributed by atoms with Gasteiger partial charge in [-0.2, -0.15) is 9.37 Å². The molecule has 10 heteroatoms. The Hall–Kier alpha value is -3.43. The third-order valence-electron chi connectivity index (χ3n) is 6.13. The number of hydrogen-bond donors (Lipinski definition) is 1. The maximum absolute atomic E-state index is 14.9. The fraction of sp³-hybridized carbons (Fsp3) is 0.391. The van der Waals surface area contributed by atoms with Crippen molar-refractivity contribution in [1.82, 2.24) is 20.2 Å². The van der Waals surface area contributed by atoms with Crippen LogP contribution in [0.1, 0.15) is 32.1 Å². The molecule has 2 aliphatic rings. The molecule has 7 nitrogen and oxygen atoms in total. The summed E-state index contributed by atoms with van der Waals surface area (Å²) in [6, 6.07) is 4.64. The lowest BCUT2D eigenvalue weighted by atomic mass is 10.0. The van der Waals surface area contributed by atoms with E-state index in [1.807, 2.05) is 4.90 Å². The van der Waals surface area contributed by atoms with Crippen LogP contribution in [0.15, 0.2) is 30.5 Å². The molecule has 2 saturated carbocycles. The Kier molecular flexibility index (Phi) is 5.51. The number of anilines is 1. The van der Waals surface area contributed by atoms with Gasteiger partial charge in [-0.1, -0.05) is 0 Å². The molecule has 2 heterocycles. The van der Waals surface area contributed by atoms with Gasteiger partial charge in [-0.3, -0.25) is 0 Å². The first kappa shape index (κ1) is 21.4. The Morgan fingerprint density at radius 2 is 1.85 bits per heavy atom. The quantitative estimate of drug-likeness (QED) is 0.548. The highest BCUT2D eigenvalue weighted by Gasteiger charge is 2.41. The van der Waals surface area contributed by atoms with Crippen molar-refractivity contribution < 1.29 is 23.0 Å². The molecule has 2 fully saturated rings. The van der Waals surface area contributed by atoms with E-state index in [4.69, 9.17) is 4.74 Å². The smallest absolute Gasteiger partial charge is 0.216 e. The lowest BCUT2D eigenvalue weighted by molar-refractivity contribution is 0.299. The number of alkyl halides is 1. The molecule has 0 spiro atoms. The van der Waals surface area contributed by atoms with Crippen LogP contribution >= 0.6 is 0 Å². The molecule has 2 aromatic heterocycles. The van der Waals surface area contributed by atoms with Gasteiger partial charge in [0, 0.05) is 23.7 Å². The minimum Gasteiger partial charge on any atom is -0.507 e. The summed E-state index contributed by atoms with van der Waals surface area (Å²) in [5.74, 6) is -1.36. The number of benzene rings is 1. The number of hydrogen-bond acceptors (Lipinski definition) is 7. The van der Waals surface area contributed by atoms with Gasteiger partial charge in [-0.25, -0.2) is 13.8 Å². The van der Waals surface area contributed by atoms with E-state index in [1.54, 1.807) is 0 Å². The van der Waals surface area contributed by atoms with Crippen molar-refractivity contribution in [3.63, 3.8) is 0 Å². The molecular formula is C23H22F3N5O2. The molecule has 2 atom stereocenters. The van der Waals surface area contributed by atoms with Gasteiger partial charge < -0.3 is 14.7 Å². The number of ether oxygens (including phenoxy) is 1. The van der Waals surface area contributed by atoms with Gasteiger partial charge in [0.15, 0.2) is 11.6 Å². The number of phenols is 1. The minimum absolute atomic E-state index is 0.0194. The van der Waals surface area contributed by atoms with E-state index in [0.717, 1.165) is 37.8 Å². The molecule has 0 amide bonds. The number of aromatic hydroxyl groups is 1. The summed E-state index contributed by atoms with van der Waals surface area (Å²) in [6.45, 7) is 0. The third kappa shape index (κ3) is 4.17. The first-order valence-electron chi connectivity index (χ1n) is 10.8. The van der Waals surface area contributed by atoms with E-state index in [-0.39, 0.29) is 46.2 Å². The molecule has 172 valence electrons. The summed E-state index contributed by atoms with van der Waals surface area (Å²) >= 11 is 0. The van der Waals surface area contributed by atoms with Crippen molar-refractivity contribution in [3.8, 4) is 34.1 Å². The summed E-state index contributed by atoms with van der Waals surface area (Å²) in [7, 11) is 1.32. The van der Waals surface area contributed by atoms with Gasteiger partial charge in [-0.15, -0.1) is 10.2 Å². The second-order valence-electron chi connectivity index (χ2n) is 8.36. The number of pyridine rings is 1. The molecular weight excluding hydrogens is 435 g/mol. The van der Waals surface area contributed by atoms with Crippen LogP contribution in [0.2, 0.25) is 0 Å². The van der Waals surface area contributed by atoms with Gasteiger partial charge in [-0.05, 0) is 49.8 Å². The van der Waals surface area contributed by atoms with Crippen LogP contribution in [-0.4, -0.2) is 50.6 Å². The average molecular weight is 457 g/mol. The minimum atomic E-state index is -0.908. The molecule has 0 bridgehead atoms. The Labute approximate surface area is 188 Å². The van der Waals surface area contributed by atoms with Crippen LogP contribution in [0.25, 0.3) is 22.5 Å². The van der Waals surface area contributed by atoms with Crippen LogP contribution < -0.4 is 9.64 Å². The second kappa shape index (κ2) is 8.49. The van der Waals surface area contributed by atoms with E-state index in [2.05, 4.69) is 20.2 Å². The number of rotatable bonds is 6. The number of halogens is 3. The van der Waals surface area contributed by atoms with Gasteiger partial charge in [0.1, 0.15) is 17.7 Å². The first-order valence-corrected chi connectivity index (χ1v) is 10.8. The Bertz CT molecular complexity index is 1170. The van der Waals surface area contributed by atoms with Gasteiger partial charge in [0.05, 0.1) is 24.9 Å². The summed E-state index contributed by atoms with van der Waals surface area (Å²) in [5.41, 5.74) is 0.167. The zero-order chi connectivity index (χ0) is 23.1. The van der Waals surface area contributed by atoms with Crippen LogP contribution in [0.4, 0.5) is 19.0 Å². The van der Waals surface area contributed by atoms with Crippen molar-refractivity contribution in [2.45, 2.75) is 50.4 Å². The van der Waals surface area contributed by atoms with Gasteiger partial charge >= 0.3 is 0 Å². The lowest BCUT2D eigenvalue weighted by Gasteiger charge is -2.30. The number of aromatic nitrogens is 4. The Morgan fingerprint density at radius 1 is 1.03 bits per heavy atom. The highest BCUT2D eigenvalue weighted by molar-refractivity contribution is 5.74. The Morgan fingerprint density at radius 3 is 2.48 bits per heavy atom. The van der Waals surface area contributed by atoms with Crippen molar-refractivity contribution >= 4 is 5.82 Å². The maximum atomic E-state index is 14.9. The fourth-order valence-electron chi connectivity index (χ4n) is 4.39. The van der Waals surface area contributed by atoms with E-state index in [0.29, 0.717) is 12.2 Å². The molecule has 0 saturated heterocycles. The largest absolute Gasteiger partial charge is 0.507 e. The number of phenolic OH excluding ortho intramolecular Hbond substituents is 1. The SMILES string of the molecule is COc1cc(-c2cc(O)c(-c3ncc(N(C4CC4)C4CCCC4F)nn3)cc2F)cc(F)n1. The standard InChI is InChI=1S/C23H22F3N5O2/c1-33-22-8-12(7-20(26)28-22)14-10-19(32)15(9-17(14)25)23-27-11-21(29-30-23)31(13-5-6-13)18-4-2-3-16(18)24/h7-11,13,16,18,32H,2-6H2,1H3. The lowest BCUT2D eigenvalue weighted by Crippen LogP contribution is -2.41. The summed E-state index contributed by atoms with van der Waals surface area (Å²) < 4.78 is 48.0. The second-order valence-corrected chi connectivity index (χ2v) is 8.36. The van der Waals surface area contributed by atoms with Crippen molar-refractivity contribution in [2.75, 3.05) is 12.0 Å². The fourth-order valence-corrected chi connectivity index (χ4v) is 4.39. The van der Waals surface area contributed by atoms with E-state index in [1.165, 1.54) is 25.4 Å².